The van der Waals surface area contributed by atoms with Crippen LogP contribution in [0.15, 0.2) is 95.9 Å². The van der Waals surface area contributed by atoms with Crippen LogP contribution in [0.4, 0.5) is 15.3 Å². The summed E-state index contributed by atoms with van der Waals surface area (Å²) in [7, 11) is -4.85. The molecule has 0 aliphatic rings. The molecule has 4 rings (SSSR count). The molecule has 0 saturated carbocycles. The lowest BCUT2D eigenvalue weighted by Gasteiger charge is -2.13. The van der Waals surface area contributed by atoms with Crippen molar-refractivity contribution < 1.29 is 22.0 Å². The molecule has 4 aromatic rings. The number of amides is 1. The summed E-state index contributed by atoms with van der Waals surface area (Å²) in [5, 5.41) is 15.4. The van der Waals surface area contributed by atoms with E-state index in [9.17, 15) is 27.2 Å². The maximum absolute atomic E-state index is 13.3. The lowest BCUT2D eigenvalue weighted by molar-refractivity contribution is -0.384. The number of nitrogens with one attached hydrogen (secondary N) is 1. The number of halogens is 1. The van der Waals surface area contributed by atoms with Crippen molar-refractivity contribution in [3.05, 3.63) is 112 Å². The highest BCUT2D eigenvalue weighted by molar-refractivity contribution is 7.86. The summed E-state index contributed by atoms with van der Waals surface area (Å²) in [6.45, 7) is 0. The molecule has 0 aliphatic heterocycles. The Bertz CT molecular complexity index is 1520. The standard InChI is InChI=1S/C25H17FN2O5S/c26-34(32,33)21-14-10-19(11-15-21)27-25(29)24(16-17-8-12-20(13-9-17)28(30)31)23-7-3-5-18-4-1-2-6-22(18)23/h1-16H,(H,27,29)/b24-16+. The SMILES string of the molecule is O=C(Nc1ccc(S(=O)(=O)F)cc1)/C(=C/c1ccc([N+](=O)[O-])cc1)c1cccc2ccccc12. The zero-order chi connectivity index (χ0) is 24.3. The van der Waals surface area contributed by atoms with Gasteiger partial charge in [-0.05, 0) is 64.4 Å². The minimum Gasteiger partial charge on any atom is -0.322 e. The Morgan fingerprint density at radius 2 is 1.53 bits per heavy atom. The molecule has 0 radical (unpaired) electrons. The Labute approximate surface area is 194 Å². The summed E-state index contributed by atoms with van der Waals surface area (Å²) in [5.74, 6) is -0.495. The fourth-order valence-corrected chi connectivity index (χ4v) is 3.95. The van der Waals surface area contributed by atoms with E-state index < -0.39 is 25.9 Å². The largest absolute Gasteiger partial charge is 0.332 e. The summed E-state index contributed by atoms with van der Waals surface area (Å²) in [5.41, 5.74) is 1.69. The van der Waals surface area contributed by atoms with Gasteiger partial charge in [-0.15, -0.1) is 3.89 Å². The molecule has 0 unspecified atom stereocenters. The number of nitro groups is 1. The number of rotatable bonds is 6. The number of fused-ring (bicyclic) bond motifs is 1. The maximum atomic E-state index is 13.3. The zero-order valence-corrected chi connectivity index (χ0v) is 18.3. The third-order valence-electron chi connectivity index (χ3n) is 5.13. The molecule has 7 nitrogen and oxygen atoms in total. The Morgan fingerprint density at radius 3 is 2.18 bits per heavy atom. The lowest BCUT2D eigenvalue weighted by atomic mass is 9.96. The van der Waals surface area contributed by atoms with Gasteiger partial charge in [0.25, 0.3) is 11.6 Å². The Kier molecular flexibility index (Phi) is 6.20. The predicted molar refractivity (Wildman–Crippen MR) is 128 cm³/mol. The number of carbonyl (C=O) groups excluding carboxylic acids is 1. The minimum absolute atomic E-state index is 0.0729. The number of anilines is 1. The molecule has 0 spiro atoms. The highest BCUT2D eigenvalue weighted by atomic mass is 32.3. The van der Waals surface area contributed by atoms with E-state index in [-0.39, 0.29) is 16.9 Å². The van der Waals surface area contributed by atoms with Crippen molar-refractivity contribution in [2.45, 2.75) is 4.90 Å². The second-order valence-corrected chi connectivity index (χ2v) is 8.70. The molecular weight excluding hydrogens is 459 g/mol. The average molecular weight is 476 g/mol. The molecule has 0 heterocycles. The van der Waals surface area contributed by atoms with Crippen LogP contribution in [0.1, 0.15) is 11.1 Å². The maximum Gasteiger partial charge on any atom is 0.332 e. The molecule has 1 N–H and O–H groups in total. The van der Waals surface area contributed by atoms with E-state index in [1.54, 1.807) is 12.1 Å². The number of non-ortho nitro benzene ring substituents is 1. The number of carbonyl (C=O) groups is 1. The van der Waals surface area contributed by atoms with Crippen LogP contribution in [0, 0.1) is 10.1 Å². The molecule has 0 fully saturated rings. The first-order chi connectivity index (χ1) is 16.2. The van der Waals surface area contributed by atoms with Crippen molar-refractivity contribution in [1.82, 2.24) is 0 Å². The van der Waals surface area contributed by atoms with E-state index in [4.69, 9.17) is 0 Å². The van der Waals surface area contributed by atoms with Crippen LogP contribution >= 0.6 is 0 Å². The van der Waals surface area contributed by atoms with Crippen molar-refractivity contribution in [3.63, 3.8) is 0 Å². The second-order valence-electron chi connectivity index (χ2n) is 7.35. The van der Waals surface area contributed by atoms with Crippen LogP contribution in [0.2, 0.25) is 0 Å². The third kappa shape index (κ3) is 5.00. The zero-order valence-electron chi connectivity index (χ0n) is 17.5. The highest BCUT2D eigenvalue weighted by Crippen LogP contribution is 2.29. The molecule has 0 bridgehead atoms. The van der Waals surface area contributed by atoms with Crippen molar-refractivity contribution >= 4 is 49.9 Å². The normalized spacial score (nSPS) is 11.9. The quantitative estimate of drug-likeness (QED) is 0.128. The van der Waals surface area contributed by atoms with Gasteiger partial charge in [-0.1, -0.05) is 42.5 Å². The first-order valence-corrected chi connectivity index (χ1v) is 11.4. The number of hydrogen-bond acceptors (Lipinski definition) is 5. The molecule has 0 atom stereocenters. The van der Waals surface area contributed by atoms with Crippen LogP contribution < -0.4 is 5.32 Å². The highest BCUT2D eigenvalue weighted by Gasteiger charge is 2.17. The summed E-state index contributed by atoms with van der Waals surface area (Å²) < 4.78 is 35.3. The number of nitrogens with zero attached hydrogens (tertiary/aromatic N) is 1. The average Bonchev–Trinajstić information content (AvgIpc) is 2.82. The van der Waals surface area contributed by atoms with Crippen LogP contribution in [0.5, 0.6) is 0 Å². The minimum atomic E-state index is -4.85. The van der Waals surface area contributed by atoms with Crippen LogP contribution in [-0.4, -0.2) is 19.2 Å². The van der Waals surface area contributed by atoms with Gasteiger partial charge in [0.2, 0.25) is 0 Å². The van der Waals surface area contributed by atoms with Crippen LogP contribution in [-0.2, 0) is 15.0 Å². The van der Waals surface area contributed by atoms with E-state index in [1.807, 2.05) is 36.4 Å². The predicted octanol–water partition coefficient (Wildman–Crippen LogP) is 5.59. The van der Waals surface area contributed by atoms with Gasteiger partial charge in [0.1, 0.15) is 0 Å². The molecule has 170 valence electrons. The Balaban J connectivity index is 1.77. The first kappa shape index (κ1) is 22.8. The van der Waals surface area contributed by atoms with Gasteiger partial charge >= 0.3 is 10.2 Å². The topological polar surface area (TPSA) is 106 Å². The van der Waals surface area contributed by atoms with E-state index in [0.717, 1.165) is 22.9 Å². The van der Waals surface area contributed by atoms with E-state index in [0.29, 0.717) is 11.1 Å². The molecule has 9 heteroatoms. The molecule has 34 heavy (non-hydrogen) atoms. The molecular formula is C25H17FN2O5S. The van der Waals surface area contributed by atoms with Gasteiger partial charge < -0.3 is 5.32 Å². The lowest BCUT2D eigenvalue weighted by Crippen LogP contribution is -2.14. The van der Waals surface area contributed by atoms with Crippen LogP contribution in [0.25, 0.3) is 22.4 Å². The van der Waals surface area contributed by atoms with Crippen molar-refractivity contribution in [2.75, 3.05) is 5.32 Å². The fraction of sp³-hybridized carbons (Fsp3) is 0. The van der Waals surface area contributed by atoms with Crippen LogP contribution in [0.3, 0.4) is 0 Å². The Hall–Kier alpha value is -4.37. The number of nitro benzene ring substituents is 1. The van der Waals surface area contributed by atoms with Crippen molar-refractivity contribution in [3.8, 4) is 0 Å². The summed E-state index contributed by atoms with van der Waals surface area (Å²) in [6.07, 6.45) is 1.61. The van der Waals surface area contributed by atoms with Gasteiger partial charge in [-0.2, -0.15) is 8.42 Å². The monoisotopic (exact) mass is 476 g/mol. The van der Waals surface area contributed by atoms with Gasteiger partial charge in [0.05, 0.1) is 9.82 Å². The summed E-state index contributed by atoms with van der Waals surface area (Å²) in [6, 6.07) is 23.5. The molecule has 0 aliphatic carbocycles. The molecule has 0 saturated heterocycles. The van der Waals surface area contributed by atoms with Gasteiger partial charge in [-0.3, -0.25) is 14.9 Å². The van der Waals surface area contributed by atoms with Crippen molar-refractivity contribution in [1.29, 1.82) is 0 Å². The first-order valence-electron chi connectivity index (χ1n) is 10.0. The van der Waals surface area contributed by atoms with E-state index >= 15 is 0 Å². The molecule has 1 amide bonds. The summed E-state index contributed by atoms with van der Waals surface area (Å²) in [4.78, 5) is 23.3. The molecule has 0 aromatic heterocycles. The van der Waals surface area contributed by atoms with Gasteiger partial charge in [0, 0.05) is 23.4 Å². The summed E-state index contributed by atoms with van der Waals surface area (Å²) >= 11 is 0. The third-order valence-corrected chi connectivity index (χ3v) is 5.97. The van der Waals surface area contributed by atoms with E-state index in [1.165, 1.54) is 36.4 Å². The number of benzene rings is 4. The van der Waals surface area contributed by atoms with Gasteiger partial charge in [-0.25, -0.2) is 0 Å². The fourth-order valence-electron chi connectivity index (χ4n) is 3.48. The number of hydrogen-bond donors (Lipinski definition) is 1. The second kappa shape index (κ2) is 9.24. The van der Waals surface area contributed by atoms with Crippen molar-refractivity contribution in [2.24, 2.45) is 0 Å². The van der Waals surface area contributed by atoms with E-state index in [2.05, 4.69) is 5.32 Å². The smallest absolute Gasteiger partial charge is 0.322 e. The Morgan fingerprint density at radius 1 is 0.882 bits per heavy atom. The van der Waals surface area contributed by atoms with Gasteiger partial charge in [0.15, 0.2) is 0 Å². The molecule has 4 aromatic carbocycles.